The first-order valence-corrected chi connectivity index (χ1v) is 7.67. The summed E-state index contributed by atoms with van der Waals surface area (Å²) >= 11 is 1.69. The van der Waals surface area contributed by atoms with Crippen LogP contribution >= 0.6 is 11.3 Å². The number of nitrogens with one attached hydrogen (secondary N) is 1. The van der Waals surface area contributed by atoms with Crippen LogP contribution in [0.1, 0.15) is 30.7 Å². The average molecular weight is 283 g/mol. The maximum absolute atomic E-state index is 11.9. The van der Waals surface area contributed by atoms with Gasteiger partial charge in [0, 0.05) is 24.7 Å². The van der Waals surface area contributed by atoms with Crippen molar-refractivity contribution in [1.29, 1.82) is 0 Å². The van der Waals surface area contributed by atoms with Crippen LogP contribution in [0.3, 0.4) is 0 Å². The molecule has 0 aliphatic carbocycles. The molecule has 1 atom stereocenters. The van der Waals surface area contributed by atoms with Crippen LogP contribution in [0.25, 0.3) is 0 Å². The minimum absolute atomic E-state index is 0.0354. The quantitative estimate of drug-likeness (QED) is 0.872. The molecule has 2 heterocycles. The standard InChI is InChI=1S/C14H21NO3S/c1-2-17-10-13(16)15-14(12-4-3-9-19-12)11-5-7-18-8-6-11/h3-4,9,11,14H,2,5-8,10H2,1H3,(H,15,16). The molecule has 19 heavy (non-hydrogen) atoms. The zero-order valence-electron chi connectivity index (χ0n) is 11.3. The molecule has 1 fully saturated rings. The van der Waals surface area contributed by atoms with Gasteiger partial charge in [0.15, 0.2) is 0 Å². The lowest BCUT2D eigenvalue weighted by Crippen LogP contribution is -2.37. The fraction of sp³-hybridized carbons (Fsp3) is 0.643. The van der Waals surface area contributed by atoms with Gasteiger partial charge in [0.2, 0.25) is 5.91 Å². The minimum Gasteiger partial charge on any atom is -0.381 e. The Hall–Kier alpha value is -0.910. The highest BCUT2D eigenvalue weighted by Crippen LogP contribution is 2.32. The maximum Gasteiger partial charge on any atom is 0.246 e. The molecule has 0 radical (unpaired) electrons. The molecule has 0 spiro atoms. The highest BCUT2D eigenvalue weighted by molar-refractivity contribution is 7.10. The number of carbonyl (C=O) groups excluding carboxylic acids is 1. The number of carbonyl (C=O) groups is 1. The second kappa shape index (κ2) is 7.62. The maximum atomic E-state index is 11.9. The van der Waals surface area contributed by atoms with Gasteiger partial charge >= 0.3 is 0 Å². The molecule has 4 nitrogen and oxygen atoms in total. The predicted octanol–water partition coefficient (Wildman–Crippen LogP) is 2.37. The molecule has 106 valence electrons. The third kappa shape index (κ3) is 4.30. The minimum atomic E-state index is -0.0354. The number of hydrogen-bond acceptors (Lipinski definition) is 4. The Labute approximate surface area is 118 Å². The van der Waals surface area contributed by atoms with Gasteiger partial charge in [-0.1, -0.05) is 6.07 Å². The molecular formula is C14H21NO3S. The number of thiophene rings is 1. The van der Waals surface area contributed by atoms with Gasteiger partial charge in [0.25, 0.3) is 0 Å². The Morgan fingerprint density at radius 1 is 1.58 bits per heavy atom. The zero-order valence-corrected chi connectivity index (χ0v) is 12.1. The third-order valence-corrected chi connectivity index (χ3v) is 4.30. The molecule has 0 bridgehead atoms. The van der Waals surface area contributed by atoms with E-state index in [1.165, 1.54) is 4.88 Å². The summed E-state index contributed by atoms with van der Waals surface area (Å²) in [5, 5.41) is 5.17. The Bertz CT molecular complexity index is 374. The molecule has 0 saturated carbocycles. The van der Waals surface area contributed by atoms with E-state index in [9.17, 15) is 4.79 Å². The summed E-state index contributed by atoms with van der Waals surface area (Å²) < 4.78 is 10.6. The van der Waals surface area contributed by atoms with E-state index in [0.717, 1.165) is 26.1 Å². The molecule has 0 aromatic carbocycles. The lowest BCUT2D eigenvalue weighted by Gasteiger charge is -2.30. The third-order valence-electron chi connectivity index (χ3n) is 3.34. The number of rotatable bonds is 6. The first-order chi connectivity index (χ1) is 9.31. The van der Waals surface area contributed by atoms with Crippen molar-refractivity contribution in [2.24, 2.45) is 5.92 Å². The van der Waals surface area contributed by atoms with Crippen LogP contribution in [0.2, 0.25) is 0 Å². The smallest absolute Gasteiger partial charge is 0.246 e. The van der Waals surface area contributed by atoms with Crippen LogP contribution in [-0.4, -0.2) is 32.3 Å². The lowest BCUT2D eigenvalue weighted by molar-refractivity contribution is -0.127. The number of hydrogen-bond donors (Lipinski definition) is 1. The van der Waals surface area contributed by atoms with Crippen molar-refractivity contribution in [3.05, 3.63) is 22.4 Å². The summed E-state index contributed by atoms with van der Waals surface area (Å²) in [7, 11) is 0. The molecule has 1 N–H and O–H groups in total. The van der Waals surface area contributed by atoms with Crippen LogP contribution in [-0.2, 0) is 14.3 Å². The summed E-state index contributed by atoms with van der Waals surface area (Å²) in [6, 6.07) is 4.21. The van der Waals surface area contributed by atoms with Crippen molar-refractivity contribution < 1.29 is 14.3 Å². The SMILES string of the molecule is CCOCC(=O)NC(c1cccs1)C1CCOCC1. The topological polar surface area (TPSA) is 47.6 Å². The molecule has 1 saturated heterocycles. The molecule has 2 rings (SSSR count). The van der Waals surface area contributed by atoms with E-state index < -0.39 is 0 Å². The normalized spacial score (nSPS) is 18.2. The van der Waals surface area contributed by atoms with Crippen LogP contribution in [0.15, 0.2) is 17.5 Å². The highest BCUT2D eigenvalue weighted by atomic mass is 32.1. The monoisotopic (exact) mass is 283 g/mol. The molecule has 1 aliphatic rings. The second-order valence-corrected chi connectivity index (χ2v) is 5.63. The fourth-order valence-corrected chi connectivity index (χ4v) is 3.22. The van der Waals surface area contributed by atoms with E-state index in [2.05, 4.69) is 16.8 Å². The number of ether oxygens (including phenoxy) is 2. The van der Waals surface area contributed by atoms with E-state index in [-0.39, 0.29) is 18.6 Å². The molecule has 1 amide bonds. The summed E-state index contributed by atoms with van der Waals surface area (Å²) in [5.74, 6) is 0.421. The number of amides is 1. The lowest BCUT2D eigenvalue weighted by atomic mass is 9.90. The van der Waals surface area contributed by atoms with Gasteiger partial charge in [-0.25, -0.2) is 0 Å². The molecule has 1 aliphatic heterocycles. The largest absolute Gasteiger partial charge is 0.381 e. The van der Waals surface area contributed by atoms with Gasteiger partial charge < -0.3 is 14.8 Å². The summed E-state index contributed by atoms with van der Waals surface area (Å²) in [6.07, 6.45) is 2.00. The Morgan fingerprint density at radius 2 is 2.37 bits per heavy atom. The molecular weight excluding hydrogens is 262 g/mol. The van der Waals surface area contributed by atoms with E-state index in [0.29, 0.717) is 12.5 Å². The van der Waals surface area contributed by atoms with Gasteiger partial charge in [-0.15, -0.1) is 11.3 Å². The molecule has 1 aromatic heterocycles. The first-order valence-electron chi connectivity index (χ1n) is 6.79. The summed E-state index contributed by atoms with van der Waals surface area (Å²) in [6.45, 7) is 4.17. The van der Waals surface area contributed by atoms with Gasteiger partial charge in [0.05, 0.1) is 6.04 Å². The van der Waals surface area contributed by atoms with Gasteiger partial charge in [-0.3, -0.25) is 4.79 Å². The Morgan fingerprint density at radius 3 is 3.00 bits per heavy atom. The van der Waals surface area contributed by atoms with Gasteiger partial charge in [-0.05, 0) is 37.1 Å². The van der Waals surface area contributed by atoms with Crippen LogP contribution in [0, 0.1) is 5.92 Å². The van der Waals surface area contributed by atoms with Crippen molar-refractivity contribution in [1.82, 2.24) is 5.32 Å². The molecule has 1 unspecified atom stereocenters. The summed E-state index contributed by atoms with van der Waals surface area (Å²) in [4.78, 5) is 13.1. The van der Waals surface area contributed by atoms with Crippen molar-refractivity contribution in [2.75, 3.05) is 26.4 Å². The van der Waals surface area contributed by atoms with Crippen LogP contribution in [0.4, 0.5) is 0 Å². The van der Waals surface area contributed by atoms with E-state index >= 15 is 0 Å². The summed E-state index contributed by atoms with van der Waals surface area (Å²) in [5.41, 5.74) is 0. The molecule has 1 aromatic rings. The zero-order chi connectivity index (χ0) is 13.5. The van der Waals surface area contributed by atoms with Gasteiger partial charge in [0.1, 0.15) is 6.61 Å². The van der Waals surface area contributed by atoms with E-state index in [1.54, 1.807) is 11.3 Å². The highest BCUT2D eigenvalue weighted by Gasteiger charge is 2.27. The van der Waals surface area contributed by atoms with Crippen molar-refractivity contribution >= 4 is 17.2 Å². The molecule has 5 heteroatoms. The van der Waals surface area contributed by atoms with Crippen LogP contribution < -0.4 is 5.32 Å². The Kier molecular flexibility index (Phi) is 5.82. The average Bonchev–Trinajstić information content (AvgIpc) is 2.97. The van der Waals surface area contributed by atoms with Crippen molar-refractivity contribution in [2.45, 2.75) is 25.8 Å². The van der Waals surface area contributed by atoms with Crippen LogP contribution in [0.5, 0.6) is 0 Å². The van der Waals surface area contributed by atoms with Gasteiger partial charge in [-0.2, -0.15) is 0 Å². The van der Waals surface area contributed by atoms with E-state index in [1.807, 2.05) is 13.0 Å². The van der Waals surface area contributed by atoms with Crippen molar-refractivity contribution in [3.8, 4) is 0 Å². The fourth-order valence-electron chi connectivity index (χ4n) is 2.35. The second-order valence-electron chi connectivity index (χ2n) is 4.65. The first kappa shape index (κ1) is 14.5. The predicted molar refractivity (Wildman–Crippen MR) is 75.2 cm³/mol. The van der Waals surface area contributed by atoms with Crippen molar-refractivity contribution in [3.63, 3.8) is 0 Å². The Balaban J connectivity index is 1.99. The van der Waals surface area contributed by atoms with E-state index in [4.69, 9.17) is 9.47 Å².